The normalized spacial score (nSPS) is 11.9. The van der Waals surface area contributed by atoms with Crippen LogP contribution in [0.4, 0.5) is 5.82 Å². The van der Waals surface area contributed by atoms with Crippen molar-refractivity contribution in [1.29, 1.82) is 0 Å². The van der Waals surface area contributed by atoms with E-state index in [-0.39, 0.29) is 24.2 Å². The SMILES string of the molecule is CC(c1ccc(CCCOCC(=O)O)cc1)n1cc(-c2cc(-c3ccccc3O)nnc2N)cn1. The zero-order valence-corrected chi connectivity index (χ0v) is 19.3. The number of aryl methyl sites for hydroxylation is 1. The third-order valence-corrected chi connectivity index (χ3v) is 5.75. The highest BCUT2D eigenvalue weighted by molar-refractivity contribution is 5.78. The first-order valence-corrected chi connectivity index (χ1v) is 11.3. The predicted molar refractivity (Wildman–Crippen MR) is 132 cm³/mol. The Morgan fingerprint density at radius 1 is 1.11 bits per heavy atom. The van der Waals surface area contributed by atoms with Gasteiger partial charge in [-0.2, -0.15) is 5.10 Å². The van der Waals surface area contributed by atoms with Gasteiger partial charge in [0.1, 0.15) is 12.4 Å². The summed E-state index contributed by atoms with van der Waals surface area (Å²) in [7, 11) is 0. The van der Waals surface area contributed by atoms with Crippen molar-refractivity contribution in [3.63, 3.8) is 0 Å². The number of para-hydroxylation sites is 1. The van der Waals surface area contributed by atoms with Crippen LogP contribution in [0.3, 0.4) is 0 Å². The molecule has 0 saturated carbocycles. The molecule has 0 radical (unpaired) electrons. The molecule has 0 fully saturated rings. The largest absolute Gasteiger partial charge is 0.507 e. The zero-order valence-electron chi connectivity index (χ0n) is 19.3. The first kappa shape index (κ1) is 23.9. The second-order valence-corrected chi connectivity index (χ2v) is 8.22. The number of benzene rings is 2. The molecule has 1 atom stereocenters. The van der Waals surface area contributed by atoms with Crippen LogP contribution in [0.1, 0.15) is 30.5 Å². The number of carbonyl (C=O) groups is 1. The minimum atomic E-state index is -0.955. The smallest absolute Gasteiger partial charge is 0.329 e. The third-order valence-electron chi connectivity index (χ3n) is 5.75. The summed E-state index contributed by atoms with van der Waals surface area (Å²) in [5.41, 5.74) is 11.0. The van der Waals surface area contributed by atoms with E-state index in [1.807, 2.05) is 16.9 Å². The Kier molecular flexibility index (Phi) is 7.37. The Morgan fingerprint density at radius 3 is 2.63 bits per heavy atom. The van der Waals surface area contributed by atoms with Crippen molar-refractivity contribution >= 4 is 11.8 Å². The van der Waals surface area contributed by atoms with Crippen LogP contribution in [0.2, 0.25) is 0 Å². The molecule has 0 saturated heterocycles. The third kappa shape index (κ3) is 5.82. The summed E-state index contributed by atoms with van der Waals surface area (Å²) >= 11 is 0. The molecule has 4 N–H and O–H groups in total. The molecule has 0 bridgehead atoms. The number of phenolic OH excluding ortho intramolecular Hbond substituents is 1. The number of aromatic nitrogens is 4. The maximum Gasteiger partial charge on any atom is 0.329 e. The van der Waals surface area contributed by atoms with Crippen LogP contribution in [-0.2, 0) is 16.0 Å². The van der Waals surface area contributed by atoms with E-state index >= 15 is 0 Å². The van der Waals surface area contributed by atoms with Gasteiger partial charge in [-0.1, -0.05) is 36.4 Å². The lowest BCUT2D eigenvalue weighted by Gasteiger charge is -2.13. The summed E-state index contributed by atoms with van der Waals surface area (Å²) in [6.45, 7) is 2.21. The molecule has 4 rings (SSSR count). The molecule has 2 aromatic carbocycles. The number of aromatic hydroxyl groups is 1. The number of nitrogen functional groups attached to an aromatic ring is 1. The van der Waals surface area contributed by atoms with Crippen LogP contribution in [0.25, 0.3) is 22.4 Å². The van der Waals surface area contributed by atoms with E-state index in [4.69, 9.17) is 15.6 Å². The number of aliphatic carboxylic acids is 1. The first-order valence-electron chi connectivity index (χ1n) is 11.3. The number of hydrogen-bond donors (Lipinski definition) is 3. The quantitative estimate of drug-likeness (QED) is 0.295. The number of ether oxygens (including phenoxy) is 1. The molecule has 35 heavy (non-hydrogen) atoms. The molecule has 2 aromatic heterocycles. The summed E-state index contributed by atoms with van der Waals surface area (Å²) in [6, 6.07) is 17.0. The molecular formula is C26H27N5O4. The fraction of sp³-hybridized carbons (Fsp3) is 0.231. The number of nitrogens with two attached hydrogens (primary N) is 1. The van der Waals surface area contributed by atoms with Crippen LogP contribution in [0.15, 0.2) is 67.0 Å². The van der Waals surface area contributed by atoms with Gasteiger partial charge >= 0.3 is 5.97 Å². The van der Waals surface area contributed by atoms with Crippen LogP contribution in [-0.4, -0.2) is 49.4 Å². The van der Waals surface area contributed by atoms with E-state index in [0.717, 1.165) is 29.5 Å². The van der Waals surface area contributed by atoms with Crippen molar-refractivity contribution in [3.05, 3.63) is 78.1 Å². The summed E-state index contributed by atoms with van der Waals surface area (Å²) in [5, 5.41) is 31.5. The van der Waals surface area contributed by atoms with Gasteiger partial charge in [-0.05, 0) is 49.1 Å². The highest BCUT2D eigenvalue weighted by Crippen LogP contribution is 2.32. The Hall–Kier alpha value is -4.24. The molecule has 0 aliphatic carbocycles. The van der Waals surface area contributed by atoms with E-state index < -0.39 is 5.97 Å². The second kappa shape index (κ2) is 10.8. The van der Waals surface area contributed by atoms with Gasteiger partial charge in [0.25, 0.3) is 0 Å². The molecule has 0 aliphatic heterocycles. The number of carboxylic acid groups (broad SMARTS) is 1. The van der Waals surface area contributed by atoms with Gasteiger partial charge in [0.15, 0.2) is 5.82 Å². The van der Waals surface area contributed by atoms with E-state index in [2.05, 4.69) is 46.5 Å². The van der Waals surface area contributed by atoms with E-state index in [0.29, 0.717) is 23.4 Å². The maximum absolute atomic E-state index is 10.5. The lowest BCUT2D eigenvalue weighted by molar-refractivity contribution is -0.142. The zero-order chi connectivity index (χ0) is 24.8. The molecule has 4 aromatic rings. The lowest BCUT2D eigenvalue weighted by Crippen LogP contribution is -2.08. The van der Waals surface area contributed by atoms with Crippen LogP contribution in [0, 0.1) is 0 Å². The van der Waals surface area contributed by atoms with Crippen molar-refractivity contribution in [2.24, 2.45) is 0 Å². The molecule has 0 spiro atoms. The average Bonchev–Trinajstić information content (AvgIpc) is 3.34. The number of phenols is 1. The molecule has 2 heterocycles. The van der Waals surface area contributed by atoms with E-state index in [1.165, 1.54) is 0 Å². The predicted octanol–water partition coefficient (Wildman–Crippen LogP) is 3.94. The molecule has 0 aliphatic rings. The highest BCUT2D eigenvalue weighted by Gasteiger charge is 2.15. The first-order chi connectivity index (χ1) is 16.9. The molecule has 0 amide bonds. The number of carboxylic acids is 1. The van der Waals surface area contributed by atoms with Crippen molar-refractivity contribution in [2.45, 2.75) is 25.8 Å². The minimum absolute atomic E-state index is 0.00893. The fourth-order valence-corrected chi connectivity index (χ4v) is 3.80. The average molecular weight is 474 g/mol. The van der Waals surface area contributed by atoms with Gasteiger partial charge in [0.2, 0.25) is 0 Å². The molecule has 9 heteroatoms. The summed E-state index contributed by atoms with van der Waals surface area (Å²) in [6.07, 6.45) is 5.23. The van der Waals surface area contributed by atoms with Gasteiger partial charge in [-0.15, -0.1) is 10.2 Å². The lowest BCUT2D eigenvalue weighted by atomic mass is 10.0. The molecule has 1 unspecified atom stereocenters. The van der Waals surface area contributed by atoms with Crippen molar-refractivity contribution in [2.75, 3.05) is 18.9 Å². The maximum atomic E-state index is 10.5. The van der Waals surface area contributed by atoms with Gasteiger partial charge in [-0.25, -0.2) is 4.79 Å². The monoisotopic (exact) mass is 473 g/mol. The second-order valence-electron chi connectivity index (χ2n) is 8.22. The number of anilines is 1. The summed E-state index contributed by atoms with van der Waals surface area (Å²) in [4.78, 5) is 10.5. The Labute approximate surface area is 202 Å². The van der Waals surface area contributed by atoms with Gasteiger partial charge in [0, 0.05) is 29.5 Å². The van der Waals surface area contributed by atoms with Crippen LogP contribution in [0.5, 0.6) is 5.75 Å². The standard InChI is InChI=1S/C26H27N5O4/c1-17(19-10-8-18(9-11-19)5-4-12-35-16-25(33)34)31-15-20(14-28-31)22-13-23(29-30-26(22)27)21-6-2-3-7-24(21)32/h2-3,6-11,13-15,17,32H,4-5,12,16H2,1H3,(H2,27,30)(H,33,34). The Morgan fingerprint density at radius 2 is 1.89 bits per heavy atom. The molecule has 180 valence electrons. The van der Waals surface area contributed by atoms with Crippen molar-refractivity contribution < 1.29 is 19.7 Å². The number of hydrogen-bond acceptors (Lipinski definition) is 7. The molecule has 9 nitrogen and oxygen atoms in total. The Bertz CT molecular complexity index is 1300. The number of nitrogens with zero attached hydrogens (tertiary/aromatic N) is 4. The van der Waals surface area contributed by atoms with Crippen LogP contribution < -0.4 is 5.73 Å². The Balaban J connectivity index is 1.45. The van der Waals surface area contributed by atoms with Crippen LogP contribution >= 0.6 is 0 Å². The topological polar surface area (TPSA) is 136 Å². The van der Waals surface area contributed by atoms with Gasteiger partial charge in [0.05, 0.1) is 17.9 Å². The molecular weight excluding hydrogens is 446 g/mol. The highest BCUT2D eigenvalue weighted by atomic mass is 16.5. The number of rotatable bonds is 10. The summed E-state index contributed by atoms with van der Waals surface area (Å²) < 4.78 is 6.95. The van der Waals surface area contributed by atoms with E-state index in [9.17, 15) is 9.90 Å². The van der Waals surface area contributed by atoms with Gasteiger partial charge in [-0.3, -0.25) is 4.68 Å². The van der Waals surface area contributed by atoms with Gasteiger partial charge < -0.3 is 20.7 Å². The fourth-order valence-electron chi connectivity index (χ4n) is 3.80. The van der Waals surface area contributed by atoms with E-state index in [1.54, 1.807) is 30.5 Å². The minimum Gasteiger partial charge on any atom is -0.507 e. The van der Waals surface area contributed by atoms with Crippen molar-refractivity contribution in [1.82, 2.24) is 20.0 Å². The van der Waals surface area contributed by atoms with Crippen molar-refractivity contribution in [3.8, 4) is 28.1 Å². The summed E-state index contributed by atoms with van der Waals surface area (Å²) in [5.74, 6) is -0.546.